The first kappa shape index (κ1) is 58.9. The molecule has 378 valence electrons. The Hall–Kier alpha value is -3.21. The van der Waals surface area contributed by atoms with Crippen LogP contribution in [0, 0.1) is 17.8 Å². The minimum absolute atomic E-state index is 0.000144. The Morgan fingerprint density at radius 1 is 0.879 bits per heavy atom. The van der Waals surface area contributed by atoms with Crippen LogP contribution >= 0.6 is 0 Å². The summed E-state index contributed by atoms with van der Waals surface area (Å²) in [5.74, 6) is -4.25. The van der Waals surface area contributed by atoms with Gasteiger partial charge in [0.2, 0.25) is 11.8 Å². The van der Waals surface area contributed by atoms with Gasteiger partial charge < -0.3 is 54.9 Å². The van der Waals surface area contributed by atoms with Gasteiger partial charge in [-0.15, -0.1) is 0 Å². The van der Waals surface area contributed by atoms with Gasteiger partial charge in [0.25, 0.3) is 0 Å². The van der Waals surface area contributed by atoms with E-state index in [1.54, 1.807) is 34.6 Å². The molecule has 0 spiro atoms. The predicted octanol–water partition coefficient (Wildman–Crippen LogP) is 6.30. The molecule has 66 heavy (non-hydrogen) atoms. The highest BCUT2D eigenvalue weighted by atomic mass is 16.7. The number of nitrogens with zero attached hydrogens (tertiary/aromatic N) is 2. The van der Waals surface area contributed by atoms with Gasteiger partial charge in [-0.3, -0.25) is 14.4 Å². The molecule has 0 aromatic carbocycles. The molecule has 2 saturated heterocycles. The number of carbonyl (C=O) groups is 3. The zero-order chi connectivity index (χ0) is 49.8. The highest BCUT2D eigenvalue weighted by Gasteiger charge is 2.50. The Kier molecular flexibility index (Phi) is 25.9. The van der Waals surface area contributed by atoms with E-state index in [4.69, 9.17) is 14.2 Å². The van der Waals surface area contributed by atoms with Crippen molar-refractivity contribution in [2.75, 3.05) is 20.6 Å². The first-order valence-electron chi connectivity index (χ1n) is 24.5. The zero-order valence-electron chi connectivity index (χ0n) is 42.3. The second-order valence-corrected chi connectivity index (χ2v) is 19.6. The molecular weight excluding hydrogens is 843 g/mol. The van der Waals surface area contributed by atoms with Crippen molar-refractivity contribution in [1.29, 1.82) is 0 Å². The smallest absolute Gasteiger partial charge is 0.311 e. The van der Waals surface area contributed by atoms with E-state index in [0.29, 0.717) is 19.3 Å². The lowest BCUT2D eigenvalue weighted by Gasteiger charge is -2.46. The van der Waals surface area contributed by atoms with Gasteiger partial charge in [-0.1, -0.05) is 88.5 Å². The van der Waals surface area contributed by atoms with Crippen molar-refractivity contribution in [2.45, 2.75) is 212 Å². The SMILES string of the molecule is CC/C=C\C/C=C\C/C=C\C/C=C\C/C=C\CCCC(=O)N[C@@H](C)C(=O)N1C[C@H](C)C[C@@](C)(O)[C@H](O[C@@H]2O[C@H](C)C[C@H](N(C)C)[C@H]2O)[C@@H](C)[C@H](O)[C@@H](C)C(=O)O[C@H](CC)[C@@](C)(O)[C@H](O)[C@H]1C. The maximum Gasteiger partial charge on any atom is 0.311 e. The van der Waals surface area contributed by atoms with E-state index in [0.717, 1.165) is 32.1 Å². The molecule has 2 aliphatic rings. The van der Waals surface area contributed by atoms with Crippen LogP contribution in [0.1, 0.15) is 140 Å². The summed E-state index contributed by atoms with van der Waals surface area (Å²) in [5, 5.41) is 62.1. The molecule has 15 atom stereocenters. The molecule has 0 aromatic heterocycles. The van der Waals surface area contributed by atoms with Gasteiger partial charge in [-0.25, -0.2) is 0 Å². The van der Waals surface area contributed by atoms with E-state index in [-0.39, 0.29) is 43.9 Å². The van der Waals surface area contributed by atoms with Gasteiger partial charge in [0.05, 0.1) is 35.9 Å². The molecule has 0 bridgehead atoms. The quantitative estimate of drug-likeness (QED) is 0.0481. The van der Waals surface area contributed by atoms with Gasteiger partial charge in [-0.05, 0) is 126 Å². The molecule has 0 aromatic rings. The van der Waals surface area contributed by atoms with E-state index in [2.05, 4.69) is 66.9 Å². The summed E-state index contributed by atoms with van der Waals surface area (Å²) >= 11 is 0. The molecule has 6 N–H and O–H groups in total. The van der Waals surface area contributed by atoms with E-state index < -0.39 is 89.7 Å². The first-order chi connectivity index (χ1) is 31.0. The number of hydrogen-bond acceptors (Lipinski definition) is 12. The lowest BCUT2D eigenvalue weighted by Crippen LogP contribution is -2.62. The van der Waals surface area contributed by atoms with E-state index in [1.807, 2.05) is 38.9 Å². The fourth-order valence-corrected chi connectivity index (χ4v) is 9.17. The lowest BCUT2D eigenvalue weighted by atomic mass is 9.78. The van der Waals surface area contributed by atoms with Gasteiger partial charge in [0.1, 0.15) is 30.0 Å². The third kappa shape index (κ3) is 18.4. The maximum atomic E-state index is 14.4. The number of carbonyl (C=O) groups excluding carboxylic acids is 3. The minimum Gasteiger partial charge on any atom is -0.459 e. The van der Waals surface area contributed by atoms with E-state index in [1.165, 1.54) is 18.7 Å². The molecule has 14 heteroatoms. The van der Waals surface area contributed by atoms with Crippen LogP contribution in [-0.4, -0.2) is 146 Å². The van der Waals surface area contributed by atoms with Crippen LogP contribution in [0.5, 0.6) is 0 Å². The Labute approximate surface area is 397 Å². The molecule has 2 rings (SSSR count). The molecule has 2 fully saturated rings. The molecule has 0 saturated carbocycles. The molecule has 2 aliphatic heterocycles. The van der Waals surface area contributed by atoms with Crippen LogP contribution in [-0.2, 0) is 28.6 Å². The van der Waals surface area contributed by atoms with Crippen LogP contribution in [0.4, 0.5) is 0 Å². The van der Waals surface area contributed by atoms with Crippen molar-refractivity contribution >= 4 is 17.8 Å². The molecule has 2 amide bonds. The first-order valence-corrected chi connectivity index (χ1v) is 24.5. The monoisotopic (exact) mass is 932 g/mol. The largest absolute Gasteiger partial charge is 0.459 e. The fourth-order valence-electron chi connectivity index (χ4n) is 9.17. The predicted molar refractivity (Wildman–Crippen MR) is 260 cm³/mol. The summed E-state index contributed by atoms with van der Waals surface area (Å²) < 4.78 is 18.4. The number of aliphatic hydroxyl groups excluding tert-OH is 3. The lowest BCUT2D eigenvalue weighted by molar-refractivity contribution is -0.299. The summed E-state index contributed by atoms with van der Waals surface area (Å²) in [6, 6.07) is -2.39. The highest BCUT2D eigenvalue weighted by molar-refractivity contribution is 5.87. The number of cyclic esters (lactones) is 1. The van der Waals surface area contributed by atoms with Crippen molar-refractivity contribution < 1.29 is 54.1 Å². The number of nitrogens with one attached hydrogen (secondary N) is 1. The van der Waals surface area contributed by atoms with Gasteiger partial charge >= 0.3 is 5.97 Å². The Morgan fingerprint density at radius 2 is 1.42 bits per heavy atom. The maximum absolute atomic E-state index is 14.4. The topological polar surface area (TPSA) is 199 Å². The van der Waals surface area contributed by atoms with Crippen LogP contribution in [0.15, 0.2) is 60.8 Å². The molecule has 0 unspecified atom stereocenters. The molecule has 0 aliphatic carbocycles. The Balaban J connectivity index is 2.25. The van der Waals surface area contributed by atoms with Crippen molar-refractivity contribution in [2.24, 2.45) is 17.8 Å². The zero-order valence-corrected chi connectivity index (χ0v) is 42.3. The Morgan fingerprint density at radius 3 is 1.95 bits per heavy atom. The number of likely N-dealkylation sites (N-methyl/N-ethyl adjacent to an activating group) is 1. The van der Waals surface area contributed by atoms with Gasteiger partial charge in [0, 0.05) is 24.9 Å². The third-order valence-electron chi connectivity index (χ3n) is 13.1. The van der Waals surface area contributed by atoms with Gasteiger partial charge in [0.15, 0.2) is 6.29 Å². The number of aliphatic hydroxyl groups is 5. The normalized spacial score (nSPS) is 35.2. The number of unbranched alkanes of at least 4 members (excludes halogenated alkanes) is 1. The van der Waals surface area contributed by atoms with Crippen LogP contribution in [0.2, 0.25) is 0 Å². The number of ether oxygens (including phenoxy) is 3. The second-order valence-electron chi connectivity index (χ2n) is 19.6. The summed E-state index contributed by atoms with van der Waals surface area (Å²) in [5.41, 5.74) is -3.79. The fraction of sp³-hybridized carbons (Fsp3) is 0.750. The van der Waals surface area contributed by atoms with E-state index in [9.17, 15) is 39.9 Å². The Bertz CT molecular complexity index is 1610. The third-order valence-corrected chi connectivity index (χ3v) is 13.1. The van der Waals surface area contributed by atoms with Crippen LogP contribution in [0.25, 0.3) is 0 Å². The summed E-state index contributed by atoms with van der Waals surface area (Å²) in [6.45, 7) is 16.6. The molecule has 2 heterocycles. The van der Waals surface area contributed by atoms with Crippen molar-refractivity contribution in [3.05, 3.63) is 60.8 Å². The summed E-state index contributed by atoms with van der Waals surface area (Å²) in [4.78, 5) is 44.5. The van der Waals surface area contributed by atoms with Crippen LogP contribution in [0.3, 0.4) is 0 Å². The average molecular weight is 932 g/mol. The number of allylic oxidation sites excluding steroid dienone is 10. The number of amides is 2. The number of rotatable bonds is 19. The number of esters is 1. The summed E-state index contributed by atoms with van der Waals surface area (Å²) in [6.07, 6.45) is 20.0. The second kappa shape index (κ2) is 29.0. The van der Waals surface area contributed by atoms with Crippen molar-refractivity contribution in [3.63, 3.8) is 0 Å². The number of hydrogen-bond donors (Lipinski definition) is 6. The van der Waals surface area contributed by atoms with Gasteiger partial charge in [-0.2, -0.15) is 0 Å². The highest BCUT2D eigenvalue weighted by Crippen LogP contribution is 2.37. The standard InChI is InChI=1S/C52H89N3O11/c1-13-15-16-17-18-19-20-21-22-23-24-25-26-27-28-29-30-31-43(56)53-39(7)48(60)55-34-35(3)33-51(9,62)47(66-50-45(58)41(54(11)12)32-36(4)64-50)37(5)44(57)38(6)49(61)65-42(14-2)52(10,63)46(59)40(55)8/h15-16,18-19,21-22,24-25,27-28,35-42,44-47,50,57-59,62-63H,13-14,17,20,23,26,29-34H2,1-12H3,(H,53,56)/b16-15-,19-18-,22-21-,25-24-,28-27-/t35-,36-,37+,38-,39+,40-,41+,42-,44+,45-,46-,47-,50+,51-,52-/m1/s1. The average Bonchev–Trinajstić information content (AvgIpc) is 3.26. The molecular formula is C52H89N3O11. The molecule has 14 nitrogen and oxygen atoms in total. The van der Waals surface area contributed by atoms with Crippen LogP contribution < -0.4 is 5.32 Å². The molecule has 0 radical (unpaired) electrons. The minimum atomic E-state index is -2.05. The van der Waals surface area contributed by atoms with E-state index >= 15 is 0 Å². The summed E-state index contributed by atoms with van der Waals surface area (Å²) in [7, 11) is 3.69. The van der Waals surface area contributed by atoms with Crippen molar-refractivity contribution in [1.82, 2.24) is 15.1 Å². The van der Waals surface area contributed by atoms with Crippen molar-refractivity contribution in [3.8, 4) is 0 Å².